The molecule has 6 N–H and O–H groups in total. The summed E-state index contributed by atoms with van der Waals surface area (Å²) >= 11 is 5.98. The van der Waals surface area contributed by atoms with Gasteiger partial charge >= 0.3 is 0 Å². The Morgan fingerprint density at radius 1 is 0.407 bits per heavy atom. The number of aromatic hydroxyl groups is 2. The first-order valence-corrected chi connectivity index (χ1v) is 21.8. The molecule has 4 aromatic carbocycles. The third-order valence-corrected chi connectivity index (χ3v) is 13.4. The number of hydrogen-bond acceptors (Lipinski definition) is 10. The number of ether oxygens (including phenoxy) is 2. The van der Waals surface area contributed by atoms with Gasteiger partial charge in [-0.2, -0.15) is 0 Å². The molecule has 0 unspecified atom stereocenters. The molecule has 0 aromatic heterocycles. The third kappa shape index (κ3) is 9.67. The van der Waals surface area contributed by atoms with Crippen molar-refractivity contribution in [2.75, 3.05) is 26.3 Å². The summed E-state index contributed by atoms with van der Waals surface area (Å²) in [6.07, 6.45) is 0. The highest BCUT2D eigenvalue weighted by Crippen LogP contribution is 2.55. The zero-order chi connectivity index (χ0) is 40.0. The van der Waals surface area contributed by atoms with E-state index in [1.165, 1.54) is 35.3 Å². The van der Waals surface area contributed by atoms with Gasteiger partial charge in [0.15, 0.2) is 0 Å². The van der Waals surface area contributed by atoms with Gasteiger partial charge in [0, 0.05) is 13.1 Å². The summed E-state index contributed by atoms with van der Waals surface area (Å²) in [6.45, 7) is 27.7. The lowest BCUT2D eigenvalue weighted by molar-refractivity contribution is 0.310. The van der Waals surface area contributed by atoms with E-state index < -0.39 is 0 Å². The summed E-state index contributed by atoms with van der Waals surface area (Å²) in [5, 5.41) is 24.3. The standard InChI is InChI=1S/C44H58N2O4S4/c1-41(2,3)25-17-29-37(47)31(19-25)52-33-21-27(43(7,8)9)23-35(39(33)49-15-13-45)54-36-24-28(44(10,11)12)22-34(40(36)50-16-14-46)53-32-20-26(42(4,5)6)18-30(51-29)38(32)48/h17-24,47-48H,13-16,45-46H2,1-12H3. The summed E-state index contributed by atoms with van der Waals surface area (Å²) in [5.41, 5.74) is 15.7. The van der Waals surface area contributed by atoms with Gasteiger partial charge < -0.3 is 31.2 Å². The molecule has 292 valence electrons. The number of hydrogen-bond donors (Lipinski definition) is 4. The maximum absolute atomic E-state index is 12.1. The molecule has 8 bridgehead atoms. The highest BCUT2D eigenvalue weighted by atomic mass is 32.2. The molecule has 0 aliphatic carbocycles. The third-order valence-electron chi connectivity index (χ3n) is 9.19. The monoisotopic (exact) mass is 806 g/mol. The number of rotatable bonds is 6. The Kier molecular flexibility index (Phi) is 12.7. The Balaban J connectivity index is 1.95. The van der Waals surface area contributed by atoms with E-state index in [1.54, 1.807) is 11.8 Å². The van der Waals surface area contributed by atoms with E-state index in [2.05, 4.69) is 132 Å². The van der Waals surface area contributed by atoms with Crippen LogP contribution in [0.15, 0.2) is 87.7 Å². The molecule has 1 aliphatic rings. The quantitative estimate of drug-likeness (QED) is 0.132. The van der Waals surface area contributed by atoms with Gasteiger partial charge in [0.05, 0.1) is 39.2 Å². The molecule has 0 fully saturated rings. The number of phenols is 2. The van der Waals surface area contributed by atoms with E-state index in [0.717, 1.165) is 41.8 Å². The van der Waals surface area contributed by atoms with Gasteiger partial charge in [-0.05, 0) is 92.4 Å². The molecule has 5 rings (SSSR count). The maximum atomic E-state index is 12.1. The van der Waals surface area contributed by atoms with E-state index in [9.17, 15) is 10.2 Å². The van der Waals surface area contributed by atoms with Gasteiger partial charge in [0.1, 0.15) is 36.2 Å². The van der Waals surface area contributed by atoms with Crippen LogP contribution in [0.2, 0.25) is 0 Å². The normalized spacial score (nSPS) is 13.9. The summed E-state index contributed by atoms with van der Waals surface area (Å²) < 4.78 is 13.1. The van der Waals surface area contributed by atoms with Crippen molar-refractivity contribution < 1.29 is 19.7 Å². The van der Waals surface area contributed by atoms with Crippen LogP contribution >= 0.6 is 47.0 Å². The lowest BCUT2D eigenvalue weighted by Crippen LogP contribution is -2.15. The molecule has 4 aromatic rings. The van der Waals surface area contributed by atoms with Crippen LogP contribution in [-0.2, 0) is 21.7 Å². The number of nitrogens with two attached hydrogens (primary N) is 2. The van der Waals surface area contributed by atoms with Crippen molar-refractivity contribution in [3.05, 3.63) is 70.8 Å². The zero-order valence-electron chi connectivity index (χ0n) is 33.9. The minimum atomic E-state index is -0.212. The summed E-state index contributed by atoms with van der Waals surface area (Å²) in [7, 11) is 0. The number of benzene rings is 4. The van der Waals surface area contributed by atoms with Crippen LogP contribution in [0.25, 0.3) is 0 Å². The van der Waals surface area contributed by atoms with Crippen molar-refractivity contribution in [1.29, 1.82) is 0 Å². The van der Waals surface area contributed by atoms with Crippen LogP contribution in [0.5, 0.6) is 23.0 Å². The molecule has 0 saturated carbocycles. The maximum Gasteiger partial charge on any atom is 0.147 e. The van der Waals surface area contributed by atoms with Gasteiger partial charge in [-0.3, -0.25) is 0 Å². The first-order valence-electron chi connectivity index (χ1n) is 18.5. The van der Waals surface area contributed by atoms with Gasteiger partial charge in [-0.1, -0.05) is 130 Å². The molecule has 1 aliphatic heterocycles. The molecule has 1 heterocycles. The molecule has 0 spiro atoms. The molecule has 0 amide bonds. The van der Waals surface area contributed by atoms with E-state index in [1.807, 2.05) is 0 Å². The topological polar surface area (TPSA) is 111 Å². The number of fused-ring (bicyclic) bond motifs is 8. The van der Waals surface area contributed by atoms with Crippen molar-refractivity contribution in [3.8, 4) is 23.0 Å². The van der Waals surface area contributed by atoms with Crippen molar-refractivity contribution in [1.82, 2.24) is 0 Å². The van der Waals surface area contributed by atoms with Crippen molar-refractivity contribution in [2.45, 2.75) is 144 Å². The summed E-state index contributed by atoms with van der Waals surface area (Å²) in [6, 6.07) is 17.1. The molecular weight excluding hydrogens is 749 g/mol. The van der Waals surface area contributed by atoms with Crippen molar-refractivity contribution in [2.24, 2.45) is 11.5 Å². The van der Waals surface area contributed by atoms with Crippen LogP contribution in [0.4, 0.5) is 0 Å². The second kappa shape index (κ2) is 16.1. The van der Waals surface area contributed by atoms with Gasteiger partial charge in [-0.25, -0.2) is 0 Å². The SMILES string of the molecule is CC(C)(C)c1cc2c(O)c(c1)Sc1cc(C(C)(C)C)cc(c1OCCN)Sc1cc(C(C)(C)C)cc(c1OCCN)Sc1cc(C(C)(C)C)cc(c1O)S2. The average Bonchev–Trinajstić information content (AvgIpc) is 3.04. The summed E-state index contributed by atoms with van der Waals surface area (Å²) in [5.74, 6) is 1.75. The first-order chi connectivity index (χ1) is 25.0. The zero-order valence-corrected chi connectivity index (χ0v) is 37.2. The van der Waals surface area contributed by atoms with Crippen LogP contribution in [-0.4, -0.2) is 36.5 Å². The Bertz CT molecular complexity index is 1880. The Morgan fingerprint density at radius 3 is 0.833 bits per heavy atom. The molecule has 0 radical (unpaired) electrons. The smallest absolute Gasteiger partial charge is 0.147 e. The molecule has 0 atom stereocenters. The van der Waals surface area contributed by atoms with Crippen LogP contribution in [0.3, 0.4) is 0 Å². The second-order valence-electron chi connectivity index (χ2n) is 17.9. The average molecular weight is 807 g/mol. The van der Waals surface area contributed by atoms with Gasteiger partial charge in [0.25, 0.3) is 0 Å². The lowest BCUT2D eigenvalue weighted by Gasteiger charge is -2.27. The number of phenolic OH excluding ortho intramolecular Hbond substituents is 2. The van der Waals surface area contributed by atoms with E-state index in [-0.39, 0.29) is 33.2 Å². The highest BCUT2D eigenvalue weighted by molar-refractivity contribution is 8.01. The van der Waals surface area contributed by atoms with E-state index in [4.69, 9.17) is 20.9 Å². The fourth-order valence-corrected chi connectivity index (χ4v) is 10.3. The van der Waals surface area contributed by atoms with E-state index >= 15 is 0 Å². The molecular formula is C44H58N2O4S4. The predicted molar refractivity (Wildman–Crippen MR) is 229 cm³/mol. The van der Waals surface area contributed by atoms with Crippen LogP contribution < -0.4 is 20.9 Å². The minimum absolute atomic E-state index is 0.164. The molecule has 0 saturated heterocycles. The first kappa shape index (κ1) is 42.5. The fourth-order valence-electron chi connectivity index (χ4n) is 5.74. The van der Waals surface area contributed by atoms with E-state index in [0.29, 0.717) is 57.4 Å². The van der Waals surface area contributed by atoms with Gasteiger partial charge in [0.2, 0.25) is 0 Å². The molecule has 6 nitrogen and oxygen atoms in total. The largest absolute Gasteiger partial charge is 0.506 e. The molecule has 54 heavy (non-hydrogen) atoms. The van der Waals surface area contributed by atoms with Crippen LogP contribution in [0.1, 0.15) is 105 Å². The van der Waals surface area contributed by atoms with Gasteiger partial charge in [-0.15, -0.1) is 0 Å². The predicted octanol–water partition coefficient (Wildman–Crippen LogP) is 11.9. The van der Waals surface area contributed by atoms with Crippen LogP contribution in [0, 0.1) is 0 Å². The fraction of sp³-hybridized carbons (Fsp3) is 0.455. The van der Waals surface area contributed by atoms with Crippen molar-refractivity contribution >= 4 is 47.0 Å². The minimum Gasteiger partial charge on any atom is -0.506 e. The summed E-state index contributed by atoms with van der Waals surface area (Å²) in [4.78, 5) is 6.37. The second-order valence-corrected chi connectivity index (χ2v) is 22.3. The lowest BCUT2D eigenvalue weighted by atomic mass is 9.87. The Hall–Kier alpha value is -2.60. The molecule has 10 heteroatoms. The highest BCUT2D eigenvalue weighted by Gasteiger charge is 2.29. The van der Waals surface area contributed by atoms with Crippen molar-refractivity contribution in [3.63, 3.8) is 0 Å². The Morgan fingerprint density at radius 2 is 0.611 bits per heavy atom. The Labute approximate surface area is 340 Å².